The number of benzene rings is 8. The molecule has 3 nitrogen and oxygen atoms in total. The van der Waals surface area contributed by atoms with Crippen molar-refractivity contribution in [3.63, 3.8) is 0 Å². The van der Waals surface area contributed by atoms with E-state index >= 15 is 0 Å². The molecular weight excluding hydrogens is 713 g/mol. The fourth-order valence-electron chi connectivity index (χ4n) is 9.32. The molecule has 266 valence electrons. The molecule has 0 N–H and O–H groups in total. The first kappa shape index (κ1) is 32.1. The molecule has 0 bridgehead atoms. The molecule has 57 heavy (non-hydrogen) atoms. The highest BCUT2D eigenvalue weighted by atomic mass is 32.1. The summed E-state index contributed by atoms with van der Waals surface area (Å²) in [5.41, 5.74) is 14.2. The highest BCUT2D eigenvalue weighted by molar-refractivity contribution is 7.26. The zero-order chi connectivity index (χ0) is 37.5. The predicted molar refractivity (Wildman–Crippen MR) is 234 cm³/mol. The van der Waals surface area contributed by atoms with Crippen molar-refractivity contribution in [2.75, 3.05) is 0 Å². The van der Waals surface area contributed by atoms with E-state index in [0.717, 1.165) is 49.7 Å². The third-order valence-electron chi connectivity index (χ3n) is 11.8. The van der Waals surface area contributed by atoms with E-state index in [9.17, 15) is 0 Å². The van der Waals surface area contributed by atoms with Crippen LogP contribution in [0, 0.1) is 0 Å². The number of nitrogens with zero attached hydrogens (tertiary/aromatic N) is 2. The Kier molecular flexibility index (Phi) is 7.01. The Balaban J connectivity index is 1.08. The summed E-state index contributed by atoms with van der Waals surface area (Å²) in [4.78, 5) is 10.4. The summed E-state index contributed by atoms with van der Waals surface area (Å²) >= 11 is 1.80. The molecule has 0 saturated carbocycles. The molecule has 0 unspecified atom stereocenters. The molecule has 1 aliphatic heterocycles. The van der Waals surface area contributed by atoms with Gasteiger partial charge in [-0.25, -0.2) is 9.97 Å². The second kappa shape index (κ2) is 12.4. The van der Waals surface area contributed by atoms with Gasteiger partial charge < -0.3 is 4.74 Å². The quantitative estimate of drug-likeness (QED) is 0.180. The van der Waals surface area contributed by atoms with Gasteiger partial charge in [0.05, 0.1) is 21.5 Å². The van der Waals surface area contributed by atoms with Gasteiger partial charge in [0.15, 0.2) is 5.82 Å². The average Bonchev–Trinajstić information content (AvgIpc) is 3.82. The van der Waals surface area contributed by atoms with Crippen molar-refractivity contribution in [1.82, 2.24) is 9.97 Å². The molecule has 1 spiro atoms. The van der Waals surface area contributed by atoms with E-state index in [4.69, 9.17) is 14.7 Å². The summed E-state index contributed by atoms with van der Waals surface area (Å²) in [6.45, 7) is 0. The van der Waals surface area contributed by atoms with Crippen LogP contribution in [0.15, 0.2) is 194 Å². The van der Waals surface area contributed by atoms with Crippen molar-refractivity contribution in [3.8, 4) is 67.7 Å². The monoisotopic (exact) mass is 744 g/mol. The first-order chi connectivity index (χ1) is 28.3. The molecular formula is C53H32N2OS. The zero-order valence-corrected chi connectivity index (χ0v) is 31.5. The smallest absolute Gasteiger partial charge is 0.160 e. The minimum atomic E-state index is -0.507. The number of thiophene rings is 1. The lowest BCUT2D eigenvalue weighted by atomic mass is 9.66. The number of hydrogen-bond donors (Lipinski definition) is 0. The van der Waals surface area contributed by atoms with Crippen molar-refractivity contribution in [1.29, 1.82) is 0 Å². The number of ether oxygens (including phenoxy) is 1. The van der Waals surface area contributed by atoms with Crippen molar-refractivity contribution in [3.05, 3.63) is 216 Å². The second-order valence-corrected chi connectivity index (χ2v) is 15.9. The summed E-state index contributed by atoms with van der Waals surface area (Å²) in [5, 5.41) is 2.33. The number of hydrogen-bond acceptors (Lipinski definition) is 4. The lowest BCUT2D eigenvalue weighted by Gasteiger charge is -2.39. The standard InChI is InChI=1S/C53H32N2OS/c1-3-14-33(15-4-1)34-26-28-35(29-27-34)45-32-46(55-52(54-45)36-16-5-2-6-17-36)39-20-13-25-48-49(39)40-30-31-44-50(51(40)57-48)56-47-24-12-11-23-43(47)53(44)41-21-9-7-18-37(41)38-19-8-10-22-42(38)53/h1-32H. The Labute approximate surface area is 334 Å². The van der Waals surface area contributed by atoms with Gasteiger partial charge in [-0.05, 0) is 51.6 Å². The van der Waals surface area contributed by atoms with Gasteiger partial charge in [0, 0.05) is 43.3 Å². The lowest BCUT2D eigenvalue weighted by Crippen LogP contribution is -2.32. The van der Waals surface area contributed by atoms with E-state index in [1.807, 2.05) is 24.3 Å². The molecule has 0 saturated heterocycles. The van der Waals surface area contributed by atoms with Gasteiger partial charge in [0.2, 0.25) is 0 Å². The number of fused-ring (bicyclic) bond motifs is 13. The Bertz CT molecular complexity index is 3160. The summed E-state index contributed by atoms with van der Waals surface area (Å²) in [6.07, 6.45) is 0. The van der Waals surface area contributed by atoms with Gasteiger partial charge in [-0.3, -0.25) is 0 Å². The zero-order valence-electron chi connectivity index (χ0n) is 30.7. The van der Waals surface area contributed by atoms with Crippen LogP contribution < -0.4 is 4.74 Å². The van der Waals surface area contributed by atoms with Gasteiger partial charge in [0.1, 0.15) is 11.5 Å². The van der Waals surface area contributed by atoms with E-state index in [1.165, 1.54) is 54.6 Å². The third-order valence-corrected chi connectivity index (χ3v) is 13.0. The summed E-state index contributed by atoms with van der Waals surface area (Å²) in [7, 11) is 0. The summed E-state index contributed by atoms with van der Waals surface area (Å²) in [6, 6.07) is 69.2. The van der Waals surface area contributed by atoms with E-state index in [0.29, 0.717) is 5.82 Å². The number of para-hydroxylation sites is 1. The Morgan fingerprint density at radius 3 is 1.74 bits per heavy atom. The maximum atomic E-state index is 7.06. The maximum absolute atomic E-state index is 7.06. The highest BCUT2D eigenvalue weighted by Crippen LogP contribution is 2.63. The Morgan fingerprint density at radius 2 is 1.00 bits per heavy atom. The van der Waals surface area contributed by atoms with Gasteiger partial charge in [-0.1, -0.05) is 176 Å². The molecule has 3 heterocycles. The normalized spacial score (nSPS) is 13.2. The summed E-state index contributed by atoms with van der Waals surface area (Å²) in [5.74, 6) is 2.52. The van der Waals surface area contributed by atoms with Gasteiger partial charge in [-0.2, -0.15) is 0 Å². The second-order valence-electron chi connectivity index (χ2n) is 14.8. The average molecular weight is 745 g/mol. The predicted octanol–water partition coefficient (Wildman–Crippen LogP) is 14.0. The Hall–Kier alpha value is -7.14. The summed E-state index contributed by atoms with van der Waals surface area (Å²) < 4.78 is 9.39. The van der Waals surface area contributed by atoms with Gasteiger partial charge in [0.25, 0.3) is 0 Å². The highest BCUT2D eigenvalue weighted by Gasteiger charge is 2.51. The van der Waals surface area contributed by atoms with Crippen LogP contribution in [0.5, 0.6) is 11.5 Å². The molecule has 0 atom stereocenters. The molecule has 0 amide bonds. The molecule has 12 rings (SSSR count). The van der Waals surface area contributed by atoms with Crippen LogP contribution in [0.3, 0.4) is 0 Å². The maximum Gasteiger partial charge on any atom is 0.160 e. The SMILES string of the molecule is c1ccc(-c2ccc(-c3cc(-c4cccc5sc6c7c(ccc6c45)C4(c5ccccc5O7)c5ccccc5-c5ccccc54)nc(-c4ccccc4)n3)cc2)cc1. The molecule has 2 aliphatic rings. The van der Waals surface area contributed by atoms with Crippen molar-refractivity contribution in [2.24, 2.45) is 0 Å². The van der Waals surface area contributed by atoms with Crippen molar-refractivity contribution in [2.45, 2.75) is 5.41 Å². The molecule has 8 aromatic carbocycles. The minimum absolute atomic E-state index is 0.507. The number of aromatic nitrogens is 2. The van der Waals surface area contributed by atoms with Crippen LogP contribution in [0.4, 0.5) is 0 Å². The van der Waals surface area contributed by atoms with E-state index in [2.05, 4.69) is 170 Å². The fraction of sp³-hybridized carbons (Fsp3) is 0.0189. The van der Waals surface area contributed by atoms with Crippen LogP contribution in [0.1, 0.15) is 22.3 Å². The van der Waals surface area contributed by atoms with Crippen molar-refractivity contribution < 1.29 is 4.74 Å². The van der Waals surface area contributed by atoms with E-state index in [1.54, 1.807) is 11.3 Å². The van der Waals surface area contributed by atoms with Crippen LogP contribution in [0.2, 0.25) is 0 Å². The van der Waals surface area contributed by atoms with E-state index in [-0.39, 0.29) is 0 Å². The van der Waals surface area contributed by atoms with Gasteiger partial charge in [-0.15, -0.1) is 11.3 Å². The fourth-order valence-corrected chi connectivity index (χ4v) is 10.5. The Morgan fingerprint density at radius 1 is 0.421 bits per heavy atom. The molecule has 10 aromatic rings. The van der Waals surface area contributed by atoms with Crippen molar-refractivity contribution >= 4 is 31.5 Å². The topological polar surface area (TPSA) is 35.0 Å². The minimum Gasteiger partial charge on any atom is -0.455 e. The molecule has 0 fully saturated rings. The first-order valence-corrected chi connectivity index (χ1v) is 20.1. The van der Waals surface area contributed by atoms with Gasteiger partial charge >= 0.3 is 0 Å². The van der Waals surface area contributed by atoms with Crippen LogP contribution >= 0.6 is 11.3 Å². The molecule has 2 aromatic heterocycles. The molecule has 0 radical (unpaired) electrons. The number of rotatable bonds is 4. The van der Waals surface area contributed by atoms with Crippen LogP contribution in [-0.2, 0) is 5.41 Å². The lowest BCUT2D eigenvalue weighted by molar-refractivity contribution is 0.442. The van der Waals surface area contributed by atoms with E-state index < -0.39 is 5.41 Å². The molecule has 4 heteroatoms. The molecule has 1 aliphatic carbocycles. The largest absolute Gasteiger partial charge is 0.455 e. The van der Waals surface area contributed by atoms with Crippen LogP contribution in [-0.4, -0.2) is 9.97 Å². The van der Waals surface area contributed by atoms with Crippen LogP contribution in [0.25, 0.3) is 76.3 Å². The third kappa shape index (κ3) is 4.71. The first-order valence-electron chi connectivity index (χ1n) is 19.3.